The summed E-state index contributed by atoms with van der Waals surface area (Å²) in [4.78, 5) is 10.7. The van der Waals surface area contributed by atoms with Gasteiger partial charge in [0.05, 0.1) is 10.2 Å². The van der Waals surface area contributed by atoms with Crippen LogP contribution in [0, 0.1) is 0 Å². The third-order valence-corrected chi connectivity index (χ3v) is 2.64. The summed E-state index contributed by atoms with van der Waals surface area (Å²) in [6, 6.07) is 3.14. The molecule has 0 radical (unpaired) electrons. The van der Waals surface area contributed by atoms with Crippen molar-refractivity contribution in [1.82, 2.24) is 0 Å². The van der Waals surface area contributed by atoms with Gasteiger partial charge in [-0.2, -0.15) is 0 Å². The van der Waals surface area contributed by atoms with Gasteiger partial charge in [-0.15, -0.1) is 0 Å². The molecule has 70 valence electrons. The summed E-state index contributed by atoms with van der Waals surface area (Å²) in [6.07, 6.45) is 0. The van der Waals surface area contributed by atoms with E-state index < -0.39 is 0 Å². The summed E-state index contributed by atoms with van der Waals surface area (Å²) in [7, 11) is 0. The molecule has 2 N–H and O–H groups in total. The molecule has 0 aliphatic rings. The lowest BCUT2D eigenvalue weighted by atomic mass is 10.3. The van der Waals surface area contributed by atoms with Crippen molar-refractivity contribution in [3.8, 4) is 5.75 Å². The van der Waals surface area contributed by atoms with Gasteiger partial charge in [-0.05, 0) is 37.9 Å². The zero-order valence-electron chi connectivity index (χ0n) is 6.77. The average molecular weight is 309 g/mol. The van der Waals surface area contributed by atoms with Gasteiger partial charge in [0.1, 0.15) is 5.75 Å². The molecule has 1 aromatic rings. The van der Waals surface area contributed by atoms with Crippen LogP contribution in [0.25, 0.3) is 0 Å². The number of phenols is 1. The topological polar surface area (TPSA) is 49.3 Å². The second kappa shape index (κ2) is 4.11. The smallest absolute Gasteiger partial charge is 0.221 e. The molecular weight excluding hydrogens is 302 g/mol. The highest BCUT2D eigenvalue weighted by atomic mass is 79.9. The van der Waals surface area contributed by atoms with E-state index in [4.69, 9.17) is 0 Å². The van der Waals surface area contributed by atoms with Crippen molar-refractivity contribution in [3.63, 3.8) is 0 Å². The Hall–Kier alpha value is -0.550. The molecule has 0 unspecified atom stereocenters. The number of carbonyl (C=O) groups is 1. The van der Waals surface area contributed by atoms with Gasteiger partial charge in [-0.1, -0.05) is 0 Å². The number of phenolic OH excluding ortho intramolecular Hbond substituents is 1. The number of hydrogen-bond donors (Lipinski definition) is 2. The van der Waals surface area contributed by atoms with E-state index in [1.807, 2.05) is 0 Å². The second-order valence-electron chi connectivity index (χ2n) is 2.46. The molecule has 0 fully saturated rings. The Balaban J connectivity index is 3.08. The minimum Gasteiger partial charge on any atom is -0.507 e. The molecule has 0 aliphatic carbocycles. The van der Waals surface area contributed by atoms with Crippen molar-refractivity contribution in [2.75, 3.05) is 5.32 Å². The van der Waals surface area contributed by atoms with Crippen LogP contribution in [-0.2, 0) is 4.79 Å². The van der Waals surface area contributed by atoms with E-state index in [1.165, 1.54) is 13.0 Å². The Labute approximate surface area is 92.4 Å². The third-order valence-electron chi connectivity index (χ3n) is 1.35. The zero-order chi connectivity index (χ0) is 10.0. The molecule has 0 saturated carbocycles. The predicted molar refractivity (Wildman–Crippen MR) is 57.8 cm³/mol. The van der Waals surface area contributed by atoms with Gasteiger partial charge in [0.2, 0.25) is 5.91 Å². The SMILES string of the molecule is CC(=O)Nc1cc(O)c(Br)cc1Br. The summed E-state index contributed by atoms with van der Waals surface area (Å²) in [5.41, 5.74) is 0.549. The van der Waals surface area contributed by atoms with Gasteiger partial charge in [0.15, 0.2) is 0 Å². The fourth-order valence-electron chi connectivity index (χ4n) is 0.823. The quantitative estimate of drug-likeness (QED) is 0.838. The van der Waals surface area contributed by atoms with Gasteiger partial charge in [0.25, 0.3) is 0 Å². The molecule has 3 nitrogen and oxygen atoms in total. The fraction of sp³-hybridized carbons (Fsp3) is 0.125. The highest BCUT2D eigenvalue weighted by Crippen LogP contribution is 2.33. The monoisotopic (exact) mass is 307 g/mol. The van der Waals surface area contributed by atoms with Crippen LogP contribution >= 0.6 is 31.9 Å². The summed E-state index contributed by atoms with van der Waals surface area (Å²) >= 11 is 6.41. The maximum absolute atomic E-state index is 10.7. The number of aromatic hydroxyl groups is 1. The van der Waals surface area contributed by atoms with E-state index in [2.05, 4.69) is 37.2 Å². The van der Waals surface area contributed by atoms with E-state index in [-0.39, 0.29) is 11.7 Å². The van der Waals surface area contributed by atoms with E-state index in [0.717, 1.165) is 0 Å². The van der Waals surface area contributed by atoms with E-state index in [1.54, 1.807) is 6.07 Å². The first-order chi connectivity index (χ1) is 6.00. The summed E-state index contributed by atoms with van der Waals surface area (Å²) in [5, 5.41) is 11.9. The molecule has 13 heavy (non-hydrogen) atoms. The van der Waals surface area contributed by atoms with Crippen molar-refractivity contribution in [2.45, 2.75) is 6.92 Å². The summed E-state index contributed by atoms with van der Waals surface area (Å²) < 4.78 is 1.29. The lowest BCUT2D eigenvalue weighted by Crippen LogP contribution is -2.06. The van der Waals surface area contributed by atoms with Crippen LogP contribution in [0.1, 0.15) is 6.92 Å². The Bertz CT molecular complexity index is 352. The highest BCUT2D eigenvalue weighted by molar-refractivity contribution is 9.11. The number of benzene rings is 1. The number of carbonyl (C=O) groups excluding carboxylic acids is 1. The first-order valence-corrected chi connectivity index (χ1v) is 5.05. The molecule has 0 bridgehead atoms. The first kappa shape index (κ1) is 10.5. The van der Waals surface area contributed by atoms with Crippen molar-refractivity contribution < 1.29 is 9.90 Å². The predicted octanol–water partition coefficient (Wildman–Crippen LogP) is 2.88. The van der Waals surface area contributed by atoms with Crippen LogP contribution in [0.3, 0.4) is 0 Å². The Kier molecular flexibility index (Phi) is 3.33. The van der Waals surface area contributed by atoms with Gasteiger partial charge in [-0.25, -0.2) is 0 Å². The fourth-order valence-corrected chi connectivity index (χ4v) is 1.92. The minimum atomic E-state index is -0.178. The molecule has 0 heterocycles. The van der Waals surface area contributed by atoms with Gasteiger partial charge in [0, 0.05) is 17.5 Å². The number of halogens is 2. The van der Waals surface area contributed by atoms with Crippen LogP contribution < -0.4 is 5.32 Å². The van der Waals surface area contributed by atoms with Crippen LogP contribution in [0.2, 0.25) is 0 Å². The van der Waals surface area contributed by atoms with Gasteiger partial charge < -0.3 is 10.4 Å². The molecule has 0 aromatic heterocycles. The molecular formula is C8H7Br2NO2. The number of nitrogens with one attached hydrogen (secondary N) is 1. The van der Waals surface area contributed by atoms with Gasteiger partial charge in [-0.3, -0.25) is 4.79 Å². The number of anilines is 1. The summed E-state index contributed by atoms with van der Waals surface area (Å²) in [5.74, 6) is -0.0885. The molecule has 1 amide bonds. The first-order valence-electron chi connectivity index (χ1n) is 3.46. The highest BCUT2D eigenvalue weighted by Gasteiger charge is 2.06. The second-order valence-corrected chi connectivity index (χ2v) is 4.17. The lowest BCUT2D eigenvalue weighted by molar-refractivity contribution is -0.114. The van der Waals surface area contributed by atoms with Crippen LogP contribution in [0.4, 0.5) is 5.69 Å². The Morgan fingerprint density at radius 3 is 2.54 bits per heavy atom. The molecule has 0 aliphatic heterocycles. The molecule has 0 spiro atoms. The van der Waals surface area contributed by atoms with Crippen LogP contribution in [-0.4, -0.2) is 11.0 Å². The molecule has 5 heteroatoms. The molecule has 0 atom stereocenters. The summed E-state index contributed by atoms with van der Waals surface area (Å²) in [6.45, 7) is 1.41. The Morgan fingerprint density at radius 2 is 2.00 bits per heavy atom. The normalized spacial score (nSPS) is 9.77. The third kappa shape index (κ3) is 2.70. The van der Waals surface area contributed by atoms with E-state index in [0.29, 0.717) is 14.6 Å². The number of amides is 1. The number of rotatable bonds is 1. The van der Waals surface area contributed by atoms with Crippen molar-refractivity contribution in [3.05, 3.63) is 21.1 Å². The van der Waals surface area contributed by atoms with Crippen LogP contribution in [0.15, 0.2) is 21.1 Å². The van der Waals surface area contributed by atoms with E-state index >= 15 is 0 Å². The van der Waals surface area contributed by atoms with Gasteiger partial charge >= 0.3 is 0 Å². The maximum atomic E-state index is 10.7. The molecule has 1 aromatic carbocycles. The van der Waals surface area contributed by atoms with Crippen molar-refractivity contribution >= 4 is 43.5 Å². The Morgan fingerprint density at radius 1 is 1.38 bits per heavy atom. The molecule has 1 rings (SSSR count). The molecule has 0 saturated heterocycles. The van der Waals surface area contributed by atoms with Crippen molar-refractivity contribution in [1.29, 1.82) is 0 Å². The van der Waals surface area contributed by atoms with E-state index in [9.17, 15) is 9.90 Å². The standard InChI is InChI=1S/C8H7Br2NO2/c1-4(12)11-7-3-8(13)6(10)2-5(7)9/h2-3,13H,1H3,(H,11,12). The zero-order valence-corrected chi connectivity index (χ0v) is 9.94. The maximum Gasteiger partial charge on any atom is 0.221 e. The number of hydrogen-bond acceptors (Lipinski definition) is 2. The largest absolute Gasteiger partial charge is 0.507 e. The van der Waals surface area contributed by atoms with Crippen LogP contribution in [0.5, 0.6) is 5.75 Å². The lowest BCUT2D eigenvalue weighted by Gasteiger charge is -2.06. The van der Waals surface area contributed by atoms with Crippen molar-refractivity contribution in [2.24, 2.45) is 0 Å². The average Bonchev–Trinajstić information content (AvgIpc) is 1.99. The minimum absolute atomic E-state index is 0.0898.